The van der Waals surface area contributed by atoms with Gasteiger partial charge >= 0.3 is 0 Å². The highest BCUT2D eigenvalue weighted by atomic mass is 14.9. The molecule has 2 heteroatoms. The average Bonchev–Trinajstić information content (AvgIpc) is 2.46. The van der Waals surface area contributed by atoms with E-state index in [2.05, 4.69) is 81.9 Å². The molecule has 2 aromatic rings. The zero-order valence-electron chi connectivity index (χ0n) is 15.4. The second-order valence-electron chi connectivity index (χ2n) is 7.93. The number of aryl methyl sites for hydroxylation is 2. The molecular formula is C21H27N2+. The molecule has 0 aliphatic carbocycles. The van der Waals surface area contributed by atoms with E-state index in [0.29, 0.717) is 0 Å². The van der Waals surface area contributed by atoms with Crippen LogP contribution in [0, 0.1) is 18.3 Å². The van der Waals surface area contributed by atoms with Gasteiger partial charge in [0.1, 0.15) is 7.05 Å². The van der Waals surface area contributed by atoms with Gasteiger partial charge in [0, 0.05) is 17.2 Å². The Morgan fingerprint density at radius 2 is 1.57 bits per heavy atom. The predicted octanol–water partition coefficient (Wildman–Crippen LogP) is 4.59. The van der Waals surface area contributed by atoms with Gasteiger partial charge in [0.2, 0.25) is 5.69 Å². The molecule has 2 rings (SSSR count). The SMILES string of the molecule is Cc1cc(C(C)(C)C#N)ccc1-c1ccc(C(C)(C)C)c[n+]1C. The third-order valence-corrected chi connectivity index (χ3v) is 4.50. The van der Waals surface area contributed by atoms with Gasteiger partial charge in [0.15, 0.2) is 6.20 Å². The van der Waals surface area contributed by atoms with E-state index in [1.165, 1.54) is 22.4 Å². The molecule has 0 aliphatic rings. The van der Waals surface area contributed by atoms with E-state index >= 15 is 0 Å². The number of hydrogen-bond acceptors (Lipinski definition) is 1. The van der Waals surface area contributed by atoms with Crippen molar-refractivity contribution in [3.05, 3.63) is 53.2 Å². The standard InChI is InChI=1S/C21H27N2/c1-15-12-16(21(5,6)14-22)8-10-18(15)19-11-9-17(13-23(19)7)20(2,3)4/h8-13H,1-7H3/q+1. The molecule has 0 unspecified atom stereocenters. The molecule has 0 aliphatic heterocycles. The smallest absolute Gasteiger partial charge is 0.201 e. The van der Waals surface area contributed by atoms with Crippen LogP contribution in [0.15, 0.2) is 36.5 Å². The van der Waals surface area contributed by atoms with Crippen molar-refractivity contribution in [3.8, 4) is 17.3 Å². The molecule has 0 atom stereocenters. The Bertz CT molecular complexity index is 771. The van der Waals surface area contributed by atoms with Crippen molar-refractivity contribution >= 4 is 0 Å². The van der Waals surface area contributed by atoms with E-state index < -0.39 is 5.41 Å². The molecule has 0 saturated heterocycles. The molecule has 2 nitrogen and oxygen atoms in total. The van der Waals surface area contributed by atoms with Crippen LogP contribution in [-0.2, 0) is 17.9 Å². The van der Waals surface area contributed by atoms with E-state index in [0.717, 1.165) is 5.56 Å². The summed E-state index contributed by atoms with van der Waals surface area (Å²) in [5.74, 6) is 0. The Kier molecular flexibility index (Phi) is 4.35. The fraction of sp³-hybridized carbons (Fsp3) is 0.429. The maximum absolute atomic E-state index is 9.32. The maximum Gasteiger partial charge on any atom is 0.212 e. The zero-order chi connectivity index (χ0) is 17.4. The van der Waals surface area contributed by atoms with E-state index in [9.17, 15) is 5.26 Å². The van der Waals surface area contributed by atoms with Crippen molar-refractivity contribution in [2.24, 2.45) is 7.05 Å². The van der Waals surface area contributed by atoms with Crippen molar-refractivity contribution in [3.63, 3.8) is 0 Å². The number of aromatic nitrogens is 1. The predicted molar refractivity (Wildman–Crippen MR) is 95.1 cm³/mol. The molecule has 0 bridgehead atoms. The molecule has 1 heterocycles. The van der Waals surface area contributed by atoms with Crippen molar-refractivity contribution in [1.29, 1.82) is 5.26 Å². The van der Waals surface area contributed by atoms with Crippen molar-refractivity contribution < 1.29 is 4.57 Å². The molecule has 0 radical (unpaired) electrons. The van der Waals surface area contributed by atoms with Crippen LogP contribution in [-0.4, -0.2) is 0 Å². The minimum Gasteiger partial charge on any atom is -0.201 e. The van der Waals surface area contributed by atoms with Crippen LogP contribution in [0.5, 0.6) is 0 Å². The van der Waals surface area contributed by atoms with Gasteiger partial charge in [-0.15, -0.1) is 0 Å². The summed E-state index contributed by atoms with van der Waals surface area (Å²) in [6, 6.07) is 13.1. The lowest BCUT2D eigenvalue weighted by atomic mass is 9.84. The number of pyridine rings is 1. The molecule has 0 N–H and O–H groups in total. The maximum atomic E-state index is 9.32. The monoisotopic (exact) mass is 307 g/mol. The first-order chi connectivity index (χ1) is 10.6. The van der Waals surface area contributed by atoms with Gasteiger partial charge in [-0.1, -0.05) is 32.9 Å². The molecular weight excluding hydrogens is 280 g/mol. The van der Waals surface area contributed by atoms with Gasteiger partial charge < -0.3 is 0 Å². The van der Waals surface area contributed by atoms with Gasteiger partial charge in [0.25, 0.3) is 0 Å². The quantitative estimate of drug-likeness (QED) is 0.746. The first-order valence-corrected chi connectivity index (χ1v) is 8.09. The van der Waals surface area contributed by atoms with E-state index in [1.54, 1.807) is 0 Å². The van der Waals surface area contributed by atoms with Crippen LogP contribution >= 0.6 is 0 Å². The zero-order valence-corrected chi connectivity index (χ0v) is 15.4. The Morgan fingerprint density at radius 3 is 2.04 bits per heavy atom. The van der Waals surface area contributed by atoms with Gasteiger partial charge in [-0.2, -0.15) is 5.26 Å². The highest BCUT2D eigenvalue weighted by molar-refractivity contribution is 5.62. The average molecular weight is 307 g/mol. The highest BCUT2D eigenvalue weighted by Crippen LogP contribution is 2.29. The minimum atomic E-state index is -0.457. The van der Waals surface area contributed by atoms with E-state index in [1.807, 2.05) is 13.8 Å². The van der Waals surface area contributed by atoms with Gasteiger partial charge in [-0.05, 0) is 49.4 Å². The van der Waals surface area contributed by atoms with Crippen LogP contribution in [0.3, 0.4) is 0 Å². The Morgan fingerprint density at radius 1 is 0.957 bits per heavy atom. The fourth-order valence-electron chi connectivity index (χ4n) is 2.74. The second kappa shape index (κ2) is 5.81. The molecule has 0 fully saturated rings. The van der Waals surface area contributed by atoms with Crippen LogP contribution in [0.1, 0.15) is 51.3 Å². The van der Waals surface area contributed by atoms with Crippen molar-refractivity contribution in [2.45, 2.75) is 52.4 Å². The lowest BCUT2D eigenvalue weighted by molar-refractivity contribution is -0.661. The summed E-state index contributed by atoms with van der Waals surface area (Å²) in [4.78, 5) is 0. The summed E-state index contributed by atoms with van der Waals surface area (Å²) >= 11 is 0. The Labute approximate surface area is 140 Å². The number of nitriles is 1. The summed E-state index contributed by atoms with van der Waals surface area (Å²) in [7, 11) is 2.09. The largest absolute Gasteiger partial charge is 0.212 e. The van der Waals surface area contributed by atoms with Crippen LogP contribution in [0.25, 0.3) is 11.3 Å². The number of benzene rings is 1. The van der Waals surface area contributed by atoms with Crippen molar-refractivity contribution in [1.82, 2.24) is 0 Å². The first kappa shape index (κ1) is 17.2. The van der Waals surface area contributed by atoms with Crippen molar-refractivity contribution in [2.75, 3.05) is 0 Å². The van der Waals surface area contributed by atoms with E-state index in [-0.39, 0.29) is 5.41 Å². The van der Waals surface area contributed by atoms with Crippen LogP contribution in [0.4, 0.5) is 0 Å². The lowest BCUT2D eigenvalue weighted by Crippen LogP contribution is -2.33. The summed E-state index contributed by atoms with van der Waals surface area (Å²) < 4.78 is 2.19. The molecule has 0 saturated carbocycles. The summed E-state index contributed by atoms with van der Waals surface area (Å²) in [6.07, 6.45) is 2.21. The molecule has 120 valence electrons. The molecule has 1 aromatic heterocycles. The molecule has 0 amide bonds. The number of hydrogen-bond donors (Lipinski definition) is 0. The van der Waals surface area contributed by atoms with Crippen LogP contribution in [0.2, 0.25) is 0 Å². The lowest BCUT2D eigenvalue weighted by Gasteiger charge is -2.19. The molecule has 1 aromatic carbocycles. The number of nitrogens with zero attached hydrogens (tertiary/aromatic N) is 2. The second-order valence-corrected chi connectivity index (χ2v) is 7.93. The summed E-state index contributed by atoms with van der Waals surface area (Å²) in [5, 5.41) is 9.32. The van der Waals surface area contributed by atoms with Gasteiger partial charge in [0.05, 0.1) is 11.5 Å². The van der Waals surface area contributed by atoms with Gasteiger partial charge in [-0.3, -0.25) is 0 Å². The Hall–Kier alpha value is -2.14. The summed E-state index contributed by atoms with van der Waals surface area (Å²) in [6.45, 7) is 12.7. The topological polar surface area (TPSA) is 27.7 Å². The first-order valence-electron chi connectivity index (χ1n) is 8.09. The van der Waals surface area contributed by atoms with Gasteiger partial charge in [-0.25, -0.2) is 4.57 Å². The Balaban J connectivity index is 2.50. The summed E-state index contributed by atoms with van der Waals surface area (Å²) in [5.41, 5.74) is 5.68. The molecule has 23 heavy (non-hydrogen) atoms. The third-order valence-electron chi connectivity index (χ3n) is 4.50. The number of rotatable bonds is 2. The third kappa shape index (κ3) is 3.45. The van der Waals surface area contributed by atoms with E-state index in [4.69, 9.17) is 0 Å². The molecule has 0 spiro atoms. The normalized spacial score (nSPS) is 12.1. The highest BCUT2D eigenvalue weighted by Gasteiger charge is 2.23. The minimum absolute atomic E-state index is 0.145. The fourth-order valence-corrected chi connectivity index (χ4v) is 2.74. The van der Waals surface area contributed by atoms with Crippen LogP contribution < -0.4 is 4.57 Å².